The minimum atomic E-state index is 0.542. The molecule has 0 saturated heterocycles. The second-order valence-corrected chi connectivity index (χ2v) is 5.73. The van der Waals surface area contributed by atoms with Crippen LogP contribution in [0, 0.1) is 17.3 Å². The van der Waals surface area contributed by atoms with E-state index in [1.807, 2.05) is 0 Å². The van der Waals surface area contributed by atoms with E-state index in [1.54, 1.807) is 0 Å². The van der Waals surface area contributed by atoms with E-state index in [0.29, 0.717) is 5.41 Å². The second kappa shape index (κ2) is 6.48. The maximum absolute atomic E-state index is 2.46. The van der Waals surface area contributed by atoms with Crippen molar-refractivity contribution in [2.45, 2.75) is 73.6 Å². The lowest BCUT2D eigenvalue weighted by molar-refractivity contribution is 0.129. The number of hydrogen-bond acceptors (Lipinski definition) is 0. The average Bonchev–Trinajstić information content (AvgIpc) is 2.10. The Bertz CT molecular complexity index is 133. The molecular weight excluding hydrogens is 168 g/mol. The Morgan fingerprint density at radius 3 is 1.93 bits per heavy atom. The van der Waals surface area contributed by atoms with Crippen molar-refractivity contribution in [3.63, 3.8) is 0 Å². The summed E-state index contributed by atoms with van der Waals surface area (Å²) >= 11 is 0. The van der Waals surface area contributed by atoms with Gasteiger partial charge in [-0.3, -0.25) is 0 Å². The molecule has 0 fully saturated rings. The van der Waals surface area contributed by atoms with Crippen molar-refractivity contribution in [1.29, 1.82) is 0 Å². The van der Waals surface area contributed by atoms with Gasteiger partial charge in [-0.05, 0) is 30.1 Å². The first kappa shape index (κ1) is 14.0. The number of rotatable bonds is 7. The van der Waals surface area contributed by atoms with Gasteiger partial charge in [0.05, 0.1) is 0 Å². The molecule has 0 heteroatoms. The van der Waals surface area contributed by atoms with Gasteiger partial charge in [-0.1, -0.05) is 60.8 Å². The number of unbranched alkanes of at least 4 members (excludes halogenated alkanes) is 1. The summed E-state index contributed by atoms with van der Waals surface area (Å²) in [6.45, 7) is 14.3. The molecule has 0 heterocycles. The molecule has 0 bridgehead atoms. The van der Waals surface area contributed by atoms with E-state index in [2.05, 4.69) is 41.5 Å². The van der Waals surface area contributed by atoms with E-state index in [1.165, 1.54) is 32.1 Å². The molecule has 0 saturated carbocycles. The second-order valence-electron chi connectivity index (χ2n) is 5.73. The predicted octanol–water partition coefficient (Wildman–Crippen LogP) is 5.28. The molecule has 0 amide bonds. The van der Waals surface area contributed by atoms with Crippen molar-refractivity contribution in [1.82, 2.24) is 0 Å². The van der Waals surface area contributed by atoms with Crippen LogP contribution in [0.1, 0.15) is 73.6 Å². The average molecular weight is 198 g/mol. The standard InChI is InChI=1S/C14H30/c1-7-9-11-14(5,6)13(10-8-2)12(3)4/h12-13H,7-11H2,1-6H3. The molecule has 0 aliphatic carbocycles. The van der Waals surface area contributed by atoms with Crippen LogP contribution in [0.15, 0.2) is 0 Å². The van der Waals surface area contributed by atoms with E-state index in [-0.39, 0.29) is 0 Å². The molecule has 0 spiro atoms. The fourth-order valence-electron chi connectivity index (χ4n) is 2.76. The quantitative estimate of drug-likeness (QED) is 0.522. The van der Waals surface area contributed by atoms with Crippen LogP contribution in [0.2, 0.25) is 0 Å². The monoisotopic (exact) mass is 198 g/mol. The molecule has 0 nitrogen and oxygen atoms in total. The van der Waals surface area contributed by atoms with Gasteiger partial charge in [-0.15, -0.1) is 0 Å². The van der Waals surface area contributed by atoms with Gasteiger partial charge in [0.25, 0.3) is 0 Å². The zero-order valence-electron chi connectivity index (χ0n) is 11.2. The Balaban J connectivity index is 4.29. The van der Waals surface area contributed by atoms with Gasteiger partial charge >= 0.3 is 0 Å². The summed E-state index contributed by atoms with van der Waals surface area (Å²) in [6, 6.07) is 0. The maximum Gasteiger partial charge on any atom is -0.0323 e. The Hall–Kier alpha value is 0. The number of hydrogen-bond donors (Lipinski definition) is 0. The minimum Gasteiger partial charge on any atom is -0.0654 e. The third-order valence-corrected chi connectivity index (χ3v) is 3.58. The first-order valence-corrected chi connectivity index (χ1v) is 6.45. The van der Waals surface area contributed by atoms with Gasteiger partial charge in [0.2, 0.25) is 0 Å². The van der Waals surface area contributed by atoms with Crippen LogP contribution in [0.3, 0.4) is 0 Å². The molecule has 0 aliphatic rings. The molecule has 0 aromatic heterocycles. The zero-order valence-corrected chi connectivity index (χ0v) is 11.2. The molecule has 0 rings (SSSR count). The van der Waals surface area contributed by atoms with E-state index in [9.17, 15) is 0 Å². The molecule has 1 atom stereocenters. The highest BCUT2D eigenvalue weighted by atomic mass is 14.3. The van der Waals surface area contributed by atoms with Gasteiger partial charge in [0.15, 0.2) is 0 Å². The summed E-state index contributed by atoms with van der Waals surface area (Å²) in [5, 5.41) is 0. The molecule has 14 heavy (non-hydrogen) atoms. The molecule has 0 aromatic carbocycles. The molecular formula is C14H30. The van der Waals surface area contributed by atoms with Crippen molar-refractivity contribution >= 4 is 0 Å². The Kier molecular flexibility index (Phi) is 6.48. The van der Waals surface area contributed by atoms with E-state index < -0.39 is 0 Å². The van der Waals surface area contributed by atoms with Crippen molar-refractivity contribution in [3.05, 3.63) is 0 Å². The van der Waals surface area contributed by atoms with Crippen LogP contribution >= 0.6 is 0 Å². The van der Waals surface area contributed by atoms with Crippen LogP contribution in [-0.2, 0) is 0 Å². The normalized spacial score (nSPS) is 14.8. The van der Waals surface area contributed by atoms with Crippen LogP contribution in [0.4, 0.5) is 0 Å². The largest absolute Gasteiger partial charge is 0.0654 e. The third kappa shape index (κ3) is 4.48. The highest BCUT2D eigenvalue weighted by Crippen LogP contribution is 2.39. The van der Waals surface area contributed by atoms with Crippen molar-refractivity contribution in [3.8, 4) is 0 Å². The highest BCUT2D eigenvalue weighted by molar-refractivity contribution is 4.80. The van der Waals surface area contributed by atoms with Crippen LogP contribution in [0.5, 0.6) is 0 Å². The zero-order chi connectivity index (χ0) is 11.2. The lowest BCUT2D eigenvalue weighted by Gasteiger charge is -2.37. The van der Waals surface area contributed by atoms with Gasteiger partial charge in [0, 0.05) is 0 Å². The van der Waals surface area contributed by atoms with Crippen LogP contribution in [0.25, 0.3) is 0 Å². The van der Waals surface area contributed by atoms with E-state index in [4.69, 9.17) is 0 Å². The maximum atomic E-state index is 2.46. The van der Waals surface area contributed by atoms with Crippen molar-refractivity contribution in [2.24, 2.45) is 17.3 Å². The van der Waals surface area contributed by atoms with Crippen LogP contribution < -0.4 is 0 Å². The van der Waals surface area contributed by atoms with Crippen LogP contribution in [-0.4, -0.2) is 0 Å². The molecule has 0 radical (unpaired) electrons. The van der Waals surface area contributed by atoms with Crippen molar-refractivity contribution in [2.75, 3.05) is 0 Å². The predicted molar refractivity (Wildman–Crippen MR) is 66.5 cm³/mol. The smallest absolute Gasteiger partial charge is 0.0323 e. The topological polar surface area (TPSA) is 0 Å². The first-order chi connectivity index (χ1) is 6.45. The van der Waals surface area contributed by atoms with Gasteiger partial charge in [-0.2, -0.15) is 0 Å². The summed E-state index contributed by atoms with van der Waals surface area (Å²) in [5.41, 5.74) is 0.542. The molecule has 0 aromatic rings. The summed E-state index contributed by atoms with van der Waals surface area (Å²) in [6.07, 6.45) is 6.85. The summed E-state index contributed by atoms with van der Waals surface area (Å²) in [5.74, 6) is 1.74. The Morgan fingerprint density at radius 1 is 1.00 bits per heavy atom. The van der Waals surface area contributed by atoms with Gasteiger partial charge in [-0.25, -0.2) is 0 Å². The molecule has 0 N–H and O–H groups in total. The van der Waals surface area contributed by atoms with Gasteiger partial charge < -0.3 is 0 Å². The summed E-state index contributed by atoms with van der Waals surface area (Å²) in [4.78, 5) is 0. The Morgan fingerprint density at radius 2 is 1.57 bits per heavy atom. The third-order valence-electron chi connectivity index (χ3n) is 3.58. The summed E-state index contributed by atoms with van der Waals surface area (Å²) in [7, 11) is 0. The molecule has 86 valence electrons. The molecule has 0 aliphatic heterocycles. The Labute approximate surface area is 91.5 Å². The SMILES string of the molecule is CCCCC(C)(C)C(CCC)C(C)C. The molecule has 1 unspecified atom stereocenters. The van der Waals surface area contributed by atoms with Gasteiger partial charge in [0.1, 0.15) is 0 Å². The first-order valence-electron chi connectivity index (χ1n) is 6.45. The minimum absolute atomic E-state index is 0.542. The fraction of sp³-hybridized carbons (Fsp3) is 1.00. The fourth-order valence-corrected chi connectivity index (χ4v) is 2.76. The highest BCUT2D eigenvalue weighted by Gasteiger charge is 2.30. The van der Waals surface area contributed by atoms with Crippen molar-refractivity contribution < 1.29 is 0 Å². The lowest BCUT2D eigenvalue weighted by Crippen LogP contribution is -2.28. The lowest BCUT2D eigenvalue weighted by atomic mass is 9.68. The van der Waals surface area contributed by atoms with E-state index in [0.717, 1.165) is 11.8 Å². The summed E-state index contributed by atoms with van der Waals surface area (Å²) < 4.78 is 0. The van der Waals surface area contributed by atoms with E-state index >= 15 is 0 Å².